The van der Waals surface area contributed by atoms with Crippen molar-refractivity contribution in [3.05, 3.63) is 80.9 Å². The van der Waals surface area contributed by atoms with E-state index in [0.29, 0.717) is 27.2 Å². The maximum Gasteiger partial charge on any atom is 0.264 e. The van der Waals surface area contributed by atoms with E-state index in [1.54, 1.807) is 24.3 Å². The molecule has 1 aromatic heterocycles. The number of nitrogens with zero attached hydrogens (tertiary/aromatic N) is 1. The molecule has 0 spiro atoms. The van der Waals surface area contributed by atoms with Crippen LogP contribution in [0.3, 0.4) is 0 Å². The fourth-order valence-corrected chi connectivity index (χ4v) is 4.08. The summed E-state index contributed by atoms with van der Waals surface area (Å²) in [4.78, 5) is 28.5. The molecule has 1 aliphatic rings. The predicted octanol–water partition coefficient (Wildman–Crippen LogP) is 4.47. The van der Waals surface area contributed by atoms with E-state index in [9.17, 15) is 14.7 Å². The van der Waals surface area contributed by atoms with Crippen LogP contribution in [0.5, 0.6) is 0 Å². The molecule has 4 rings (SSSR count). The largest absolute Gasteiger partial charge is 0.545 e. The van der Waals surface area contributed by atoms with Gasteiger partial charge in [-0.1, -0.05) is 29.3 Å². The Labute approximate surface area is 187 Å². The minimum Gasteiger partial charge on any atom is -0.545 e. The Hall–Kier alpha value is -3.29. The second kappa shape index (κ2) is 8.45. The maximum absolute atomic E-state index is 12.3. The number of amides is 1. The van der Waals surface area contributed by atoms with Crippen molar-refractivity contribution in [3.63, 3.8) is 0 Å². The lowest BCUT2D eigenvalue weighted by Crippen LogP contribution is -2.22. The molecule has 6 nitrogen and oxygen atoms in total. The van der Waals surface area contributed by atoms with Crippen molar-refractivity contribution in [1.29, 1.82) is 0 Å². The predicted molar refractivity (Wildman–Crippen MR) is 120 cm³/mol. The number of carbonyl (C=O) groups is 2. The molecular formula is C23H16ClN2O4S-. The van der Waals surface area contributed by atoms with Crippen LogP contribution in [-0.4, -0.2) is 17.0 Å². The van der Waals surface area contributed by atoms with Gasteiger partial charge in [0.05, 0.1) is 16.6 Å². The summed E-state index contributed by atoms with van der Waals surface area (Å²) in [7, 11) is 0. The third-order valence-corrected chi connectivity index (χ3v) is 5.84. The van der Waals surface area contributed by atoms with E-state index >= 15 is 0 Å². The normalized spacial score (nSPS) is 16.2. The SMILES string of the molecule is Cc1ccc(N=C2NC(=O)C(=Cc3ccc(-c4ccc(Cl)c(C(=O)[O-])c4)o3)S2)c(C)c1. The van der Waals surface area contributed by atoms with Gasteiger partial charge in [0.2, 0.25) is 0 Å². The lowest BCUT2D eigenvalue weighted by atomic mass is 10.1. The van der Waals surface area contributed by atoms with Crippen molar-refractivity contribution in [1.82, 2.24) is 5.32 Å². The zero-order valence-corrected chi connectivity index (χ0v) is 18.1. The molecule has 1 amide bonds. The molecule has 156 valence electrons. The average Bonchev–Trinajstić information content (AvgIpc) is 3.31. The van der Waals surface area contributed by atoms with Crippen molar-refractivity contribution in [2.75, 3.05) is 0 Å². The molecule has 2 heterocycles. The van der Waals surface area contributed by atoms with Gasteiger partial charge in [-0.2, -0.15) is 0 Å². The van der Waals surface area contributed by atoms with Gasteiger partial charge < -0.3 is 19.6 Å². The number of hydrogen-bond acceptors (Lipinski definition) is 6. The summed E-state index contributed by atoms with van der Waals surface area (Å²) in [5.74, 6) is -0.739. The van der Waals surface area contributed by atoms with Crippen molar-refractivity contribution < 1.29 is 19.1 Å². The average molecular weight is 452 g/mol. The van der Waals surface area contributed by atoms with Gasteiger partial charge in [-0.25, -0.2) is 4.99 Å². The highest BCUT2D eigenvalue weighted by Crippen LogP contribution is 2.31. The molecule has 2 aromatic carbocycles. The molecule has 0 aliphatic carbocycles. The van der Waals surface area contributed by atoms with Crippen molar-refractivity contribution in [2.24, 2.45) is 4.99 Å². The van der Waals surface area contributed by atoms with E-state index in [1.807, 2.05) is 32.0 Å². The van der Waals surface area contributed by atoms with Crippen LogP contribution in [0.1, 0.15) is 27.2 Å². The van der Waals surface area contributed by atoms with Crippen molar-refractivity contribution >= 4 is 52.2 Å². The summed E-state index contributed by atoms with van der Waals surface area (Å²) < 4.78 is 5.77. The fraction of sp³-hybridized carbons (Fsp3) is 0.0870. The molecule has 0 atom stereocenters. The number of benzene rings is 2. The van der Waals surface area contributed by atoms with E-state index < -0.39 is 5.97 Å². The standard InChI is InChI=1S/C23H17ClN2O4S/c1-12-3-7-18(13(2)9-12)25-23-26-21(27)20(31-23)11-15-5-8-19(30-15)14-4-6-17(24)16(10-14)22(28)29/h3-11H,1-2H3,(H,28,29)(H,25,26,27)/p-1. The number of hydrogen-bond donors (Lipinski definition) is 1. The molecule has 8 heteroatoms. The van der Waals surface area contributed by atoms with E-state index in [4.69, 9.17) is 16.0 Å². The van der Waals surface area contributed by atoms with Crippen molar-refractivity contribution in [3.8, 4) is 11.3 Å². The van der Waals surface area contributed by atoms with Gasteiger partial charge in [-0.05, 0) is 67.6 Å². The van der Waals surface area contributed by atoms with Crippen LogP contribution in [-0.2, 0) is 4.79 Å². The Morgan fingerprint density at radius 3 is 2.71 bits per heavy atom. The molecule has 1 N–H and O–H groups in total. The highest BCUT2D eigenvalue weighted by molar-refractivity contribution is 8.18. The summed E-state index contributed by atoms with van der Waals surface area (Å²) in [6, 6.07) is 13.8. The first kappa shape index (κ1) is 21.0. The van der Waals surface area contributed by atoms with E-state index in [0.717, 1.165) is 16.8 Å². The number of aryl methyl sites for hydroxylation is 2. The Morgan fingerprint density at radius 2 is 1.97 bits per heavy atom. The minimum absolute atomic E-state index is 0.0901. The first-order valence-corrected chi connectivity index (χ1v) is 10.5. The molecule has 1 aliphatic heterocycles. The first-order chi connectivity index (χ1) is 14.8. The zero-order valence-electron chi connectivity index (χ0n) is 16.6. The number of nitrogens with one attached hydrogen (secondary N) is 1. The molecule has 3 aromatic rings. The molecule has 0 radical (unpaired) electrons. The number of aromatic carboxylic acids is 1. The van der Waals surface area contributed by atoms with Gasteiger partial charge in [0.15, 0.2) is 5.17 Å². The molecule has 0 unspecified atom stereocenters. The smallest absolute Gasteiger partial charge is 0.264 e. The number of carboxylic acids is 1. The number of aliphatic imine (C=N–C) groups is 1. The minimum atomic E-state index is -1.37. The first-order valence-electron chi connectivity index (χ1n) is 9.28. The third-order valence-electron chi connectivity index (χ3n) is 4.60. The number of carbonyl (C=O) groups excluding carboxylic acids is 2. The second-order valence-electron chi connectivity index (χ2n) is 6.96. The zero-order chi connectivity index (χ0) is 22.1. The summed E-state index contributed by atoms with van der Waals surface area (Å²) in [5.41, 5.74) is 3.38. The van der Waals surface area contributed by atoms with Gasteiger partial charge in [-0.3, -0.25) is 4.79 Å². The number of halogens is 1. The molecule has 1 fully saturated rings. The van der Waals surface area contributed by atoms with Gasteiger partial charge in [-0.15, -0.1) is 0 Å². The molecule has 0 saturated carbocycles. The van der Waals surface area contributed by atoms with Crippen LogP contribution in [0.25, 0.3) is 17.4 Å². The van der Waals surface area contributed by atoms with Gasteiger partial charge in [0.25, 0.3) is 5.91 Å². The fourth-order valence-electron chi connectivity index (χ4n) is 3.07. The van der Waals surface area contributed by atoms with Gasteiger partial charge >= 0.3 is 0 Å². The van der Waals surface area contributed by atoms with Crippen LogP contribution in [0.15, 0.2) is 62.8 Å². The van der Waals surface area contributed by atoms with E-state index in [1.165, 1.54) is 23.9 Å². The van der Waals surface area contributed by atoms with Gasteiger partial charge in [0, 0.05) is 22.2 Å². The van der Waals surface area contributed by atoms with Crippen LogP contribution in [0.4, 0.5) is 5.69 Å². The summed E-state index contributed by atoms with van der Waals surface area (Å²) in [5, 5.41) is 14.5. The Kier molecular flexibility index (Phi) is 5.71. The molecule has 1 saturated heterocycles. The number of thioether (sulfide) groups is 1. The lowest BCUT2D eigenvalue weighted by Gasteiger charge is -2.06. The third kappa shape index (κ3) is 4.57. The number of carboxylic acid groups (broad SMARTS) is 1. The van der Waals surface area contributed by atoms with Crippen LogP contribution < -0.4 is 10.4 Å². The lowest BCUT2D eigenvalue weighted by molar-refractivity contribution is -0.255. The number of rotatable bonds is 4. The Balaban J connectivity index is 1.57. The Bertz CT molecular complexity index is 1280. The Morgan fingerprint density at radius 1 is 1.16 bits per heavy atom. The van der Waals surface area contributed by atoms with Crippen LogP contribution in [0, 0.1) is 13.8 Å². The monoisotopic (exact) mass is 451 g/mol. The van der Waals surface area contributed by atoms with E-state index in [-0.39, 0.29) is 16.5 Å². The molecular weight excluding hydrogens is 436 g/mol. The van der Waals surface area contributed by atoms with E-state index in [2.05, 4.69) is 10.3 Å². The summed E-state index contributed by atoms with van der Waals surface area (Å²) in [6.07, 6.45) is 1.61. The number of furan rings is 1. The van der Waals surface area contributed by atoms with Crippen molar-refractivity contribution in [2.45, 2.75) is 13.8 Å². The summed E-state index contributed by atoms with van der Waals surface area (Å²) >= 11 is 7.10. The van der Waals surface area contributed by atoms with Crippen LogP contribution >= 0.6 is 23.4 Å². The summed E-state index contributed by atoms with van der Waals surface area (Å²) in [6.45, 7) is 3.98. The molecule has 31 heavy (non-hydrogen) atoms. The van der Waals surface area contributed by atoms with Crippen LogP contribution in [0.2, 0.25) is 5.02 Å². The van der Waals surface area contributed by atoms with Gasteiger partial charge in [0.1, 0.15) is 11.5 Å². The highest BCUT2D eigenvalue weighted by Gasteiger charge is 2.24. The molecule has 0 bridgehead atoms. The topological polar surface area (TPSA) is 94.7 Å². The maximum atomic E-state index is 12.3. The number of amidine groups is 1. The quantitative estimate of drug-likeness (QED) is 0.590. The highest BCUT2D eigenvalue weighted by atomic mass is 35.5. The second-order valence-corrected chi connectivity index (χ2v) is 8.39.